The lowest BCUT2D eigenvalue weighted by atomic mass is 10.1. The van der Waals surface area contributed by atoms with E-state index in [2.05, 4.69) is 10.0 Å². The molecule has 0 atom stereocenters. The molecule has 9 heteroatoms. The number of carbonyl (C=O) groups is 1. The van der Waals surface area contributed by atoms with Crippen molar-refractivity contribution in [3.8, 4) is 5.75 Å². The molecule has 0 bridgehead atoms. The first-order valence-electron chi connectivity index (χ1n) is 9.31. The highest BCUT2D eigenvalue weighted by atomic mass is 32.2. The van der Waals surface area contributed by atoms with Crippen molar-refractivity contribution < 1.29 is 26.7 Å². The zero-order chi connectivity index (χ0) is 22.4. The van der Waals surface area contributed by atoms with E-state index in [9.17, 15) is 22.0 Å². The summed E-state index contributed by atoms with van der Waals surface area (Å²) in [7, 11) is -4.10. The van der Waals surface area contributed by atoms with Crippen LogP contribution in [0.1, 0.15) is 15.9 Å². The van der Waals surface area contributed by atoms with Crippen LogP contribution in [0.5, 0.6) is 5.75 Å². The molecule has 0 spiro atoms. The Bertz CT molecular complexity index is 1180. The first kappa shape index (κ1) is 22.2. The van der Waals surface area contributed by atoms with Crippen LogP contribution in [0.2, 0.25) is 0 Å². The number of anilines is 1. The lowest BCUT2D eigenvalue weighted by Gasteiger charge is -2.12. The lowest BCUT2D eigenvalue weighted by Crippen LogP contribution is -2.29. The van der Waals surface area contributed by atoms with Crippen molar-refractivity contribution in [1.29, 1.82) is 0 Å². The van der Waals surface area contributed by atoms with Crippen molar-refractivity contribution in [2.75, 3.05) is 17.9 Å². The molecular formula is C22H20F2N2O4S. The molecule has 31 heavy (non-hydrogen) atoms. The summed E-state index contributed by atoms with van der Waals surface area (Å²) >= 11 is 0. The van der Waals surface area contributed by atoms with E-state index in [4.69, 9.17) is 4.74 Å². The summed E-state index contributed by atoms with van der Waals surface area (Å²) in [6, 6.07) is 14.9. The Morgan fingerprint density at radius 3 is 2.42 bits per heavy atom. The van der Waals surface area contributed by atoms with Gasteiger partial charge in [-0.1, -0.05) is 18.2 Å². The van der Waals surface area contributed by atoms with Crippen molar-refractivity contribution in [3.63, 3.8) is 0 Å². The number of hydrogen-bond donors (Lipinski definition) is 2. The fourth-order valence-corrected chi connectivity index (χ4v) is 3.81. The smallest absolute Gasteiger partial charge is 0.262 e. The van der Waals surface area contributed by atoms with E-state index in [-0.39, 0.29) is 35.1 Å². The van der Waals surface area contributed by atoms with E-state index in [1.54, 1.807) is 6.92 Å². The molecule has 0 heterocycles. The van der Waals surface area contributed by atoms with Crippen LogP contribution in [0, 0.1) is 18.6 Å². The van der Waals surface area contributed by atoms with Crippen LogP contribution < -0.4 is 14.8 Å². The molecule has 0 saturated carbocycles. The summed E-state index contributed by atoms with van der Waals surface area (Å²) < 4.78 is 59.5. The Morgan fingerprint density at radius 2 is 1.71 bits per heavy atom. The van der Waals surface area contributed by atoms with Crippen LogP contribution in [0.4, 0.5) is 14.5 Å². The molecule has 0 radical (unpaired) electrons. The SMILES string of the molecule is Cc1ccc(S(=O)(=O)Nc2ccccc2F)cc1C(=O)NCCOc1ccc(F)cc1. The third-order valence-electron chi connectivity index (χ3n) is 4.35. The fourth-order valence-electron chi connectivity index (χ4n) is 2.72. The van der Waals surface area contributed by atoms with Gasteiger partial charge in [-0.2, -0.15) is 0 Å². The number of aryl methyl sites for hydroxylation is 1. The average Bonchev–Trinajstić information content (AvgIpc) is 2.74. The van der Waals surface area contributed by atoms with Gasteiger partial charge in [0.25, 0.3) is 15.9 Å². The first-order valence-corrected chi connectivity index (χ1v) is 10.8. The van der Waals surface area contributed by atoms with Gasteiger partial charge in [-0.3, -0.25) is 9.52 Å². The van der Waals surface area contributed by atoms with Gasteiger partial charge < -0.3 is 10.1 Å². The minimum absolute atomic E-state index is 0.142. The van der Waals surface area contributed by atoms with E-state index in [0.29, 0.717) is 11.3 Å². The van der Waals surface area contributed by atoms with E-state index < -0.39 is 21.7 Å². The number of halogens is 2. The zero-order valence-electron chi connectivity index (χ0n) is 16.6. The third-order valence-corrected chi connectivity index (χ3v) is 5.72. The van der Waals surface area contributed by atoms with Gasteiger partial charge in [0.15, 0.2) is 0 Å². The molecule has 0 aliphatic rings. The summed E-state index contributed by atoms with van der Waals surface area (Å²) in [4.78, 5) is 12.3. The number of amides is 1. The standard InChI is InChI=1S/C22H20F2N2O4S/c1-15-6-11-18(31(28,29)26-21-5-3-2-4-20(21)24)14-19(15)22(27)25-12-13-30-17-9-7-16(23)8-10-17/h2-11,14,26H,12-13H2,1H3,(H,25,27). The number of ether oxygens (including phenoxy) is 1. The van der Waals surface area contributed by atoms with Crippen LogP contribution >= 0.6 is 0 Å². The molecule has 0 aliphatic heterocycles. The van der Waals surface area contributed by atoms with Crippen molar-refractivity contribution in [1.82, 2.24) is 5.32 Å². The van der Waals surface area contributed by atoms with Gasteiger partial charge in [0, 0.05) is 5.56 Å². The molecule has 0 unspecified atom stereocenters. The summed E-state index contributed by atoms with van der Waals surface area (Å²) in [5.74, 6) is -1.12. The van der Waals surface area contributed by atoms with Gasteiger partial charge in [-0.05, 0) is 61.0 Å². The summed E-state index contributed by atoms with van der Waals surface area (Å²) in [5.41, 5.74) is 0.548. The molecule has 0 fully saturated rings. The second kappa shape index (κ2) is 9.57. The van der Waals surface area contributed by atoms with Gasteiger partial charge in [0.1, 0.15) is 24.0 Å². The number of hydrogen-bond acceptors (Lipinski definition) is 4. The maximum absolute atomic E-state index is 13.8. The Kier molecular flexibility index (Phi) is 6.86. The van der Waals surface area contributed by atoms with Gasteiger partial charge >= 0.3 is 0 Å². The highest BCUT2D eigenvalue weighted by molar-refractivity contribution is 7.92. The summed E-state index contributed by atoms with van der Waals surface area (Å²) in [6.07, 6.45) is 0. The zero-order valence-corrected chi connectivity index (χ0v) is 17.4. The topological polar surface area (TPSA) is 84.5 Å². The second-order valence-electron chi connectivity index (χ2n) is 6.62. The monoisotopic (exact) mass is 446 g/mol. The fraction of sp³-hybridized carbons (Fsp3) is 0.136. The Balaban J connectivity index is 1.66. The highest BCUT2D eigenvalue weighted by Crippen LogP contribution is 2.21. The molecule has 1 amide bonds. The minimum Gasteiger partial charge on any atom is -0.492 e. The predicted octanol–water partition coefficient (Wildman–Crippen LogP) is 3.88. The second-order valence-corrected chi connectivity index (χ2v) is 8.30. The molecular weight excluding hydrogens is 426 g/mol. The molecule has 2 N–H and O–H groups in total. The van der Waals surface area contributed by atoms with Crippen molar-refractivity contribution >= 4 is 21.6 Å². The molecule has 3 aromatic carbocycles. The molecule has 162 valence electrons. The normalized spacial score (nSPS) is 11.1. The van der Waals surface area contributed by atoms with E-state index >= 15 is 0 Å². The quantitative estimate of drug-likeness (QED) is 0.515. The minimum atomic E-state index is -4.10. The summed E-state index contributed by atoms with van der Waals surface area (Å²) in [5, 5.41) is 2.65. The Hall–Kier alpha value is -3.46. The molecule has 3 aromatic rings. The molecule has 0 saturated heterocycles. The third kappa shape index (κ3) is 5.79. The van der Waals surface area contributed by atoms with Gasteiger partial charge in [0.05, 0.1) is 17.1 Å². The van der Waals surface area contributed by atoms with Crippen LogP contribution in [-0.2, 0) is 10.0 Å². The number of carbonyl (C=O) groups excluding carboxylic acids is 1. The number of para-hydroxylation sites is 1. The average molecular weight is 446 g/mol. The largest absolute Gasteiger partial charge is 0.492 e. The van der Waals surface area contributed by atoms with Crippen LogP contribution in [0.3, 0.4) is 0 Å². The van der Waals surface area contributed by atoms with Crippen molar-refractivity contribution in [3.05, 3.63) is 89.5 Å². The van der Waals surface area contributed by atoms with Crippen LogP contribution in [0.25, 0.3) is 0 Å². The van der Waals surface area contributed by atoms with Gasteiger partial charge in [-0.25, -0.2) is 17.2 Å². The number of benzene rings is 3. The Labute approximate surface area is 178 Å². The lowest BCUT2D eigenvalue weighted by molar-refractivity contribution is 0.0946. The first-order chi connectivity index (χ1) is 14.8. The molecule has 3 rings (SSSR count). The van der Waals surface area contributed by atoms with E-state index in [1.807, 2.05) is 0 Å². The van der Waals surface area contributed by atoms with E-state index in [0.717, 1.165) is 6.07 Å². The predicted molar refractivity (Wildman–Crippen MR) is 113 cm³/mol. The number of rotatable bonds is 8. The van der Waals surface area contributed by atoms with Gasteiger partial charge in [-0.15, -0.1) is 0 Å². The highest BCUT2D eigenvalue weighted by Gasteiger charge is 2.19. The molecule has 6 nitrogen and oxygen atoms in total. The van der Waals surface area contributed by atoms with Crippen LogP contribution in [-0.4, -0.2) is 27.5 Å². The molecule has 0 aliphatic carbocycles. The van der Waals surface area contributed by atoms with Gasteiger partial charge in [0.2, 0.25) is 0 Å². The van der Waals surface area contributed by atoms with Crippen LogP contribution in [0.15, 0.2) is 71.6 Å². The van der Waals surface area contributed by atoms with Crippen molar-refractivity contribution in [2.24, 2.45) is 0 Å². The summed E-state index contributed by atoms with van der Waals surface area (Å²) in [6.45, 7) is 1.97. The Morgan fingerprint density at radius 1 is 1.00 bits per heavy atom. The maximum atomic E-state index is 13.8. The number of sulfonamides is 1. The maximum Gasteiger partial charge on any atom is 0.262 e. The molecule has 0 aromatic heterocycles. The van der Waals surface area contributed by atoms with Crippen molar-refractivity contribution in [2.45, 2.75) is 11.8 Å². The van der Waals surface area contributed by atoms with E-state index in [1.165, 1.54) is 60.7 Å². The number of nitrogens with one attached hydrogen (secondary N) is 2.